The van der Waals surface area contributed by atoms with Gasteiger partial charge in [-0.25, -0.2) is 15.0 Å². The topological polar surface area (TPSA) is 140 Å². The molecule has 30 heavy (non-hydrogen) atoms. The van der Waals surface area contributed by atoms with E-state index < -0.39 is 11.8 Å². The fourth-order valence-electron chi connectivity index (χ4n) is 3.73. The first kappa shape index (κ1) is 20.0. The van der Waals surface area contributed by atoms with E-state index in [4.69, 9.17) is 11.5 Å². The largest absolute Gasteiger partial charge is 0.383 e. The Morgan fingerprint density at radius 3 is 2.77 bits per heavy atom. The molecule has 0 unspecified atom stereocenters. The molecule has 2 atom stereocenters. The van der Waals surface area contributed by atoms with Gasteiger partial charge in [0.2, 0.25) is 0 Å². The lowest BCUT2D eigenvalue weighted by molar-refractivity contribution is -0.146. The second kappa shape index (κ2) is 7.86. The van der Waals surface area contributed by atoms with E-state index in [0.29, 0.717) is 34.6 Å². The summed E-state index contributed by atoms with van der Waals surface area (Å²) >= 11 is 1.32. The summed E-state index contributed by atoms with van der Waals surface area (Å²) in [6, 6.07) is 3.35. The Morgan fingerprint density at radius 1 is 1.20 bits per heavy atom. The summed E-state index contributed by atoms with van der Waals surface area (Å²) in [4.78, 5) is 40.9. The van der Waals surface area contributed by atoms with Crippen molar-refractivity contribution in [3.05, 3.63) is 35.7 Å². The maximum absolute atomic E-state index is 13.1. The predicted octanol–water partition coefficient (Wildman–Crippen LogP) is 2.50. The first-order valence-electron chi connectivity index (χ1n) is 9.68. The number of rotatable bonds is 2. The summed E-state index contributed by atoms with van der Waals surface area (Å²) < 4.78 is 0. The highest BCUT2D eigenvalue weighted by Crippen LogP contribution is 2.35. The Bertz CT molecular complexity index is 1130. The van der Waals surface area contributed by atoms with Gasteiger partial charge in [-0.15, -0.1) is 0 Å². The van der Waals surface area contributed by atoms with Crippen molar-refractivity contribution in [3.8, 4) is 0 Å². The van der Waals surface area contributed by atoms with Gasteiger partial charge in [0.25, 0.3) is 0 Å². The van der Waals surface area contributed by atoms with Crippen LogP contribution in [0.15, 0.2) is 24.5 Å². The molecule has 1 aliphatic heterocycles. The third-order valence-electron chi connectivity index (χ3n) is 5.32. The summed E-state index contributed by atoms with van der Waals surface area (Å²) in [6.45, 7) is 4.36. The zero-order valence-electron chi connectivity index (χ0n) is 16.8. The molecule has 2 amide bonds. The summed E-state index contributed by atoms with van der Waals surface area (Å²) in [6.07, 6.45) is 4.88. The molecule has 0 saturated carbocycles. The van der Waals surface area contributed by atoms with Crippen LogP contribution in [-0.2, 0) is 9.59 Å². The maximum Gasteiger partial charge on any atom is 0.313 e. The van der Waals surface area contributed by atoms with Crippen LogP contribution in [0.5, 0.6) is 0 Å². The van der Waals surface area contributed by atoms with Gasteiger partial charge in [0, 0.05) is 12.7 Å². The smallest absolute Gasteiger partial charge is 0.313 e. The summed E-state index contributed by atoms with van der Waals surface area (Å²) in [7, 11) is 0. The van der Waals surface area contributed by atoms with E-state index in [2.05, 4.69) is 27.2 Å². The van der Waals surface area contributed by atoms with Gasteiger partial charge in [-0.3, -0.25) is 9.59 Å². The Hall–Kier alpha value is -3.27. The number of nitrogens with two attached hydrogens (primary N) is 2. The third-order valence-corrected chi connectivity index (χ3v) is 6.13. The number of nitrogens with zero attached hydrogens (tertiary/aromatic N) is 4. The molecule has 4 rings (SSSR count). The molecule has 9 nitrogen and oxygen atoms in total. The highest BCUT2D eigenvalue weighted by atomic mass is 32.1. The Morgan fingerprint density at radius 2 is 2.00 bits per heavy atom. The van der Waals surface area contributed by atoms with Crippen LogP contribution in [0.25, 0.3) is 10.3 Å². The highest BCUT2D eigenvalue weighted by Gasteiger charge is 2.34. The molecular formula is C20H23N7O2S. The number of hydrogen-bond acceptors (Lipinski definition) is 8. The molecule has 10 heteroatoms. The van der Waals surface area contributed by atoms with Crippen molar-refractivity contribution in [2.24, 2.45) is 5.92 Å². The van der Waals surface area contributed by atoms with Gasteiger partial charge in [-0.2, -0.15) is 0 Å². The maximum atomic E-state index is 13.1. The number of thiazole rings is 1. The van der Waals surface area contributed by atoms with Gasteiger partial charge >= 0.3 is 11.8 Å². The number of anilines is 3. The van der Waals surface area contributed by atoms with Crippen molar-refractivity contribution in [2.45, 2.75) is 32.7 Å². The number of nitrogens with one attached hydrogen (secondary N) is 1. The fourth-order valence-corrected chi connectivity index (χ4v) is 4.39. The molecular weight excluding hydrogens is 402 g/mol. The normalized spacial score (nSPS) is 19.1. The van der Waals surface area contributed by atoms with Crippen LogP contribution in [0.2, 0.25) is 0 Å². The van der Waals surface area contributed by atoms with Crippen molar-refractivity contribution < 1.29 is 9.59 Å². The molecule has 4 heterocycles. The first-order chi connectivity index (χ1) is 14.3. The highest BCUT2D eigenvalue weighted by molar-refractivity contribution is 7.21. The van der Waals surface area contributed by atoms with E-state index in [1.165, 1.54) is 17.5 Å². The van der Waals surface area contributed by atoms with Gasteiger partial charge in [-0.05, 0) is 48.9 Å². The van der Waals surface area contributed by atoms with E-state index in [9.17, 15) is 9.59 Å². The molecule has 0 radical (unpaired) electrons. The number of carbonyl (C=O) groups is 2. The van der Waals surface area contributed by atoms with Crippen molar-refractivity contribution in [2.75, 3.05) is 23.3 Å². The van der Waals surface area contributed by atoms with Crippen molar-refractivity contribution in [3.63, 3.8) is 0 Å². The van der Waals surface area contributed by atoms with Crippen LogP contribution in [-0.4, -0.2) is 38.2 Å². The number of piperidine rings is 1. The lowest BCUT2D eigenvalue weighted by atomic mass is 9.90. The van der Waals surface area contributed by atoms with E-state index >= 15 is 0 Å². The Balaban J connectivity index is 1.58. The predicted molar refractivity (Wildman–Crippen MR) is 117 cm³/mol. The summed E-state index contributed by atoms with van der Waals surface area (Å²) in [5, 5.41) is 3.09. The van der Waals surface area contributed by atoms with E-state index in [0.717, 1.165) is 28.8 Å². The SMILES string of the molecule is Cc1cc(NC(=O)C(=O)N2C[C@@H](C)CC[C@@H]2c2cnc3sc(N)nc3c2)cnc1N. The van der Waals surface area contributed by atoms with Gasteiger partial charge in [0.1, 0.15) is 16.2 Å². The second-order valence-corrected chi connectivity index (χ2v) is 8.69. The number of likely N-dealkylation sites (tertiary alicyclic amines) is 1. The standard InChI is InChI=1S/C20H23N7O2S/c1-10-3-4-15(12-6-14-18(24-7-12)30-20(22)26-14)27(9-10)19(29)17(28)25-13-5-11(2)16(21)23-8-13/h5-8,10,15H,3-4,9H2,1-2H3,(H2,21,23)(H2,22,26)(H,25,28)/t10-,15+/m0/s1. The average molecular weight is 426 g/mol. The monoisotopic (exact) mass is 425 g/mol. The van der Waals surface area contributed by atoms with E-state index in [1.54, 1.807) is 24.1 Å². The van der Waals surface area contributed by atoms with Crippen LogP contribution < -0.4 is 16.8 Å². The molecule has 0 aromatic carbocycles. The van der Waals surface area contributed by atoms with Gasteiger partial charge < -0.3 is 21.7 Å². The van der Waals surface area contributed by atoms with E-state index in [1.807, 2.05) is 6.07 Å². The minimum atomic E-state index is -0.702. The molecule has 1 aliphatic rings. The Kier molecular flexibility index (Phi) is 5.25. The lowest BCUT2D eigenvalue weighted by Crippen LogP contribution is -2.46. The van der Waals surface area contributed by atoms with Crippen LogP contribution in [0.3, 0.4) is 0 Å². The number of hydrogen-bond donors (Lipinski definition) is 3. The molecule has 1 fully saturated rings. The first-order valence-corrected chi connectivity index (χ1v) is 10.5. The number of carbonyl (C=O) groups excluding carboxylic acids is 2. The van der Waals surface area contributed by atoms with E-state index in [-0.39, 0.29) is 6.04 Å². The average Bonchev–Trinajstić information content (AvgIpc) is 3.09. The summed E-state index contributed by atoms with van der Waals surface area (Å²) in [5.74, 6) is -0.606. The summed E-state index contributed by atoms with van der Waals surface area (Å²) in [5.41, 5.74) is 14.2. The number of fused-ring (bicyclic) bond motifs is 1. The van der Waals surface area contributed by atoms with Crippen molar-refractivity contribution in [1.82, 2.24) is 19.9 Å². The molecule has 0 aliphatic carbocycles. The third kappa shape index (κ3) is 3.90. The van der Waals surface area contributed by atoms with Crippen molar-refractivity contribution in [1.29, 1.82) is 0 Å². The van der Waals surface area contributed by atoms with Gasteiger partial charge in [0.05, 0.1) is 17.9 Å². The second-order valence-electron chi connectivity index (χ2n) is 7.68. The van der Waals surface area contributed by atoms with Crippen LogP contribution >= 0.6 is 11.3 Å². The number of nitrogen functional groups attached to an aromatic ring is 2. The van der Waals surface area contributed by atoms with Gasteiger partial charge in [0.15, 0.2) is 5.13 Å². The number of pyridine rings is 2. The molecule has 156 valence electrons. The zero-order valence-corrected chi connectivity index (χ0v) is 17.6. The Labute approximate surface area is 177 Å². The molecule has 0 bridgehead atoms. The van der Waals surface area contributed by atoms with Crippen LogP contribution in [0.1, 0.15) is 36.9 Å². The van der Waals surface area contributed by atoms with Crippen molar-refractivity contribution >= 4 is 50.1 Å². The quantitative estimate of drug-likeness (QED) is 0.536. The molecule has 3 aromatic heterocycles. The fraction of sp³-hybridized carbons (Fsp3) is 0.350. The molecule has 0 spiro atoms. The van der Waals surface area contributed by atoms with Crippen LogP contribution in [0.4, 0.5) is 16.6 Å². The van der Waals surface area contributed by atoms with Crippen LogP contribution in [0, 0.1) is 12.8 Å². The number of amides is 2. The van der Waals surface area contributed by atoms with Gasteiger partial charge in [-0.1, -0.05) is 18.3 Å². The molecule has 3 aromatic rings. The molecule has 5 N–H and O–H groups in total. The molecule has 1 saturated heterocycles. The zero-order chi connectivity index (χ0) is 21.4. The lowest BCUT2D eigenvalue weighted by Gasteiger charge is -2.38. The minimum Gasteiger partial charge on any atom is -0.383 e. The number of aromatic nitrogens is 3. The number of aryl methyl sites for hydroxylation is 1. The minimum absolute atomic E-state index is 0.245.